The van der Waals surface area contributed by atoms with E-state index in [1.54, 1.807) is 19.1 Å². The van der Waals surface area contributed by atoms with Gasteiger partial charge in [0.05, 0.1) is 10.9 Å². The zero-order valence-corrected chi connectivity index (χ0v) is 12.6. The van der Waals surface area contributed by atoms with E-state index in [0.717, 1.165) is 12.1 Å². The molecule has 0 aliphatic carbocycles. The normalized spacial score (nSPS) is 13.0. The zero-order chi connectivity index (χ0) is 17.3. The monoisotopic (exact) mass is 334 g/mol. The third-order valence-corrected chi connectivity index (χ3v) is 3.59. The third-order valence-electron chi connectivity index (χ3n) is 3.59. The number of alkyl halides is 3. The van der Waals surface area contributed by atoms with Crippen LogP contribution in [0, 0.1) is 0 Å². The maximum atomic E-state index is 12.8. The predicted octanol–water partition coefficient (Wildman–Crippen LogP) is 3.51. The van der Waals surface area contributed by atoms with Crippen molar-refractivity contribution in [3.8, 4) is 0 Å². The van der Waals surface area contributed by atoms with E-state index in [0.29, 0.717) is 22.4 Å². The molecule has 3 rings (SSSR count). The number of benzene rings is 1. The molecule has 1 aromatic carbocycles. The Morgan fingerprint density at radius 2 is 1.96 bits per heavy atom. The van der Waals surface area contributed by atoms with Gasteiger partial charge in [-0.2, -0.15) is 13.2 Å². The molecule has 8 heteroatoms. The van der Waals surface area contributed by atoms with E-state index in [2.05, 4.69) is 20.3 Å². The van der Waals surface area contributed by atoms with Crippen molar-refractivity contribution in [3.63, 3.8) is 0 Å². The minimum atomic E-state index is -4.39. The third kappa shape index (κ3) is 3.22. The van der Waals surface area contributed by atoms with Gasteiger partial charge in [-0.3, -0.25) is 4.79 Å². The molecule has 0 bridgehead atoms. The Labute approximate surface area is 134 Å². The first kappa shape index (κ1) is 16.0. The average molecular weight is 334 g/mol. The van der Waals surface area contributed by atoms with Gasteiger partial charge in [0.25, 0.3) is 0 Å². The summed E-state index contributed by atoms with van der Waals surface area (Å²) < 4.78 is 38.5. The van der Waals surface area contributed by atoms with Crippen LogP contribution < -0.4 is 10.9 Å². The Kier molecular flexibility index (Phi) is 3.96. The minimum Gasteiger partial charge on any atom is -0.363 e. The van der Waals surface area contributed by atoms with Gasteiger partial charge in [0.15, 0.2) is 0 Å². The first-order valence-corrected chi connectivity index (χ1v) is 7.12. The molecule has 3 aromatic rings. The van der Waals surface area contributed by atoms with Crippen molar-refractivity contribution in [2.75, 3.05) is 5.32 Å². The average Bonchev–Trinajstić information content (AvgIpc) is 2.54. The molecule has 124 valence electrons. The standard InChI is InChI=1S/C16H13F3N4O/c1-9(10-3-2-4-11(7-10)16(17,18)19)22-14-12-5-6-13(24)23-15(12)21-8-20-14/h2-9H,1H3,(H2,20,21,22,23,24)/t9-/m1/s1. The molecule has 0 spiro atoms. The topological polar surface area (TPSA) is 70.7 Å². The highest BCUT2D eigenvalue weighted by Gasteiger charge is 2.30. The molecule has 5 nitrogen and oxygen atoms in total. The van der Waals surface area contributed by atoms with Crippen LogP contribution in [0.1, 0.15) is 24.1 Å². The van der Waals surface area contributed by atoms with Crippen LogP contribution in [-0.2, 0) is 6.18 Å². The molecular weight excluding hydrogens is 321 g/mol. The van der Waals surface area contributed by atoms with Crippen molar-refractivity contribution in [2.45, 2.75) is 19.1 Å². The molecule has 0 radical (unpaired) electrons. The van der Waals surface area contributed by atoms with Crippen LogP contribution >= 0.6 is 0 Å². The number of pyridine rings is 1. The molecule has 2 aromatic heterocycles. The van der Waals surface area contributed by atoms with Crippen molar-refractivity contribution in [1.29, 1.82) is 0 Å². The van der Waals surface area contributed by atoms with E-state index < -0.39 is 17.8 Å². The van der Waals surface area contributed by atoms with Crippen molar-refractivity contribution in [2.24, 2.45) is 0 Å². The number of halogens is 3. The fourth-order valence-electron chi connectivity index (χ4n) is 2.36. The molecule has 0 unspecified atom stereocenters. The first-order chi connectivity index (χ1) is 11.3. The van der Waals surface area contributed by atoms with Gasteiger partial charge in [-0.05, 0) is 30.7 Å². The maximum absolute atomic E-state index is 12.8. The molecule has 0 aliphatic heterocycles. The Morgan fingerprint density at radius 3 is 2.71 bits per heavy atom. The van der Waals surface area contributed by atoms with Crippen molar-refractivity contribution < 1.29 is 13.2 Å². The molecule has 0 amide bonds. The number of hydrogen-bond donors (Lipinski definition) is 2. The summed E-state index contributed by atoms with van der Waals surface area (Å²) in [4.78, 5) is 22.0. The SMILES string of the molecule is C[C@@H](Nc1ncnc2[nH]c(=O)ccc12)c1cccc(C(F)(F)F)c1. The van der Waals surface area contributed by atoms with Crippen molar-refractivity contribution in [1.82, 2.24) is 15.0 Å². The highest BCUT2D eigenvalue weighted by molar-refractivity contribution is 5.85. The second-order valence-electron chi connectivity index (χ2n) is 5.30. The number of nitrogens with one attached hydrogen (secondary N) is 2. The Hall–Kier alpha value is -2.90. The summed E-state index contributed by atoms with van der Waals surface area (Å²) in [5.41, 5.74) is -0.166. The molecule has 0 saturated carbocycles. The van der Waals surface area contributed by atoms with Gasteiger partial charge in [-0.1, -0.05) is 12.1 Å². The van der Waals surface area contributed by atoms with Crippen LogP contribution in [0.2, 0.25) is 0 Å². The number of fused-ring (bicyclic) bond motifs is 1. The number of aromatic amines is 1. The van der Waals surface area contributed by atoms with E-state index in [1.165, 1.54) is 18.5 Å². The summed E-state index contributed by atoms with van der Waals surface area (Å²) in [5, 5.41) is 3.64. The van der Waals surface area contributed by atoms with Crippen LogP contribution in [-0.4, -0.2) is 15.0 Å². The van der Waals surface area contributed by atoms with Crippen LogP contribution in [0.5, 0.6) is 0 Å². The number of anilines is 1. The van der Waals surface area contributed by atoms with E-state index in [-0.39, 0.29) is 5.56 Å². The zero-order valence-electron chi connectivity index (χ0n) is 12.6. The quantitative estimate of drug-likeness (QED) is 0.769. The number of hydrogen-bond acceptors (Lipinski definition) is 4. The summed E-state index contributed by atoms with van der Waals surface area (Å²) in [6.07, 6.45) is -3.11. The molecule has 2 heterocycles. The second-order valence-corrected chi connectivity index (χ2v) is 5.30. The summed E-state index contributed by atoms with van der Waals surface area (Å²) in [5.74, 6) is 0.432. The molecule has 0 fully saturated rings. The predicted molar refractivity (Wildman–Crippen MR) is 83.6 cm³/mol. The van der Waals surface area contributed by atoms with Gasteiger partial charge in [0.1, 0.15) is 17.8 Å². The van der Waals surface area contributed by atoms with Crippen molar-refractivity contribution in [3.05, 3.63) is 64.2 Å². The van der Waals surface area contributed by atoms with Crippen LogP contribution in [0.15, 0.2) is 47.5 Å². The minimum absolute atomic E-state index is 0.293. The summed E-state index contributed by atoms with van der Waals surface area (Å²) >= 11 is 0. The highest BCUT2D eigenvalue weighted by atomic mass is 19.4. The van der Waals surface area contributed by atoms with Gasteiger partial charge in [0.2, 0.25) is 5.56 Å². The van der Waals surface area contributed by atoms with Gasteiger partial charge in [0, 0.05) is 12.1 Å². The van der Waals surface area contributed by atoms with Gasteiger partial charge in [-0.15, -0.1) is 0 Å². The number of H-pyrrole nitrogens is 1. The lowest BCUT2D eigenvalue weighted by molar-refractivity contribution is -0.137. The number of nitrogens with zero attached hydrogens (tertiary/aromatic N) is 2. The Morgan fingerprint density at radius 1 is 1.17 bits per heavy atom. The van der Waals surface area contributed by atoms with Crippen LogP contribution in [0.25, 0.3) is 11.0 Å². The van der Waals surface area contributed by atoms with Crippen LogP contribution in [0.3, 0.4) is 0 Å². The first-order valence-electron chi connectivity index (χ1n) is 7.12. The lowest BCUT2D eigenvalue weighted by Gasteiger charge is -2.17. The molecule has 1 atom stereocenters. The lowest BCUT2D eigenvalue weighted by atomic mass is 10.0. The fraction of sp³-hybridized carbons (Fsp3) is 0.188. The van der Waals surface area contributed by atoms with E-state index in [1.807, 2.05) is 0 Å². The maximum Gasteiger partial charge on any atom is 0.416 e. The van der Waals surface area contributed by atoms with E-state index in [9.17, 15) is 18.0 Å². The molecular formula is C16H13F3N4O. The Bertz CT molecular complexity index is 936. The smallest absolute Gasteiger partial charge is 0.363 e. The molecule has 2 N–H and O–H groups in total. The lowest BCUT2D eigenvalue weighted by Crippen LogP contribution is -2.12. The molecule has 24 heavy (non-hydrogen) atoms. The van der Waals surface area contributed by atoms with Gasteiger partial charge >= 0.3 is 6.18 Å². The van der Waals surface area contributed by atoms with E-state index >= 15 is 0 Å². The van der Waals surface area contributed by atoms with Crippen LogP contribution in [0.4, 0.5) is 19.0 Å². The summed E-state index contributed by atoms with van der Waals surface area (Å²) in [6, 6.07) is 7.59. The van der Waals surface area contributed by atoms with Crippen molar-refractivity contribution >= 4 is 16.9 Å². The van der Waals surface area contributed by atoms with E-state index in [4.69, 9.17) is 0 Å². The highest BCUT2D eigenvalue weighted by Crippen LogP contribution is 2.31. The largest absolute Gasteiger partial charge is 0.416 e. The summed E-state index contributed by atoms with van der Waals surface area (Å²) in [7, 11) is 0. The van der Waals surface area contributed by atoms with Gasteiger partial charge < -0.3 is 10.3 Å². The fourth-order valence-corrected chi connectivity index (χ4v) is 2.36. The number of aromatic nitrogens is 3. The molecule has 0 saturated heterocycles. The number of rotatable bonds is 3. The van der Waals surface area contributed by atoms with Gasteiger partial charge in [-0.25, -0.2) is 9.97 Å². The molecule has 0 aliphatic rings. The second kappa shape index (κ2) is 5.95. The summed E-state index contributed by atoms with van der Waals surface area (Å²) in [6.45, 7) is 1.73. The Balaban J connectivity index is 1.93.